The van der Waals surface area contributed by atoms with Crippen molar-refractivity contribution in [2.75, 3.05) is 0 Å². The summed E-state index contributed by atoms with van der Waals surface area (Å²) in [7, 11) is 0. The van der Waals surface area contributed by atoms with E-state index >= 15 is 0 Å². The van der Waals surface area contributed by atoms with Gasteiger partial charge in [-0.05, 0) is 24.7 Å². The van der Waals surface area contributed by atoms with Crippen LogP contribution in [0.25, 0.3) is 0 Å². The highest BCUT2D eigenvalue weighted by Crippen LogP contribution is 2.47. The molecular formula is C11H17F5. The number of rotatable bonds is 2. The molecule has 0 saturated heterocycles. The first-order chi connectivity index (χ1) is 7.10. The third kappa shape index (κ3) is 3.91. The maximum absolute atomic E-state index is 13.2. The minimum atomic E-state index is -4.49. The number of halogens is 5. The fourth-order valence-corrected chi connectivity index (χ4v) is 2.53. The van der Waals surface area contributed by atoms with Gasteiger partial charge in [-0.25, -0.2) is 8.78 Å². The van der Waals surface area contributed by atoms with Gasteiger partial charge in [-0.2, -0.15) is 13.2 Å². The maximum atomic E-state index is 13.2. The molecule has 16 heavy (non-hydrogen) atoms. The molecule has 1 aliphatic rings. The number of alkyl halides is 5. The average molecular weight is 244 g/mol. The van der Waals surface area contributed by atoms with Gasteiger partial charge in [0.15, 0.2) is 0 Å². The van der Waals surface area contributed by atoms with Gasteiger partial charge in [0, 0.05) is 12.8 Å². The molecule has 96 valence electrons. The summed E-state index contributed by atoms with van der Waals surface area (Å²) in [4.78, 5) is 0. The molecule has 1 aliphatic carbocycles. The highest BCUT2D eigenvalue weighted by Gasteiger charge is 2.51. The van der Waals surface area contributed by atoms with Crippen LogP contribution >= 0.6 is 0 Å². The van der Waals surface area contributed by atoms with Crippen LogP contribution in [0.5, 0.6) is 0 Å². The SMILES string of the molecule is CC(C)C[C@@H]1CC(C(F)(F)F)CC(F)(F)C1. The third-order valence-electron chi connectivity index (χ3n) is 3.02. The lowest BCUT2D eigenvalue weighted by Crippen LogP contribution is -2.38. The molecule has 0 aliphatic heterocycles. The van der Waals surface area contributed by atoms with Crippen molar-refractivity contribution in [1.29, 1.82) is 0 Å². The second kappa shape index (κ2) is 4.49. The standard InChI is InChI=1S/C11H17F5/c1-7(2)3-8-4-9(11(14,15)16)6-10(12,13)5-8/h7-9H,3-6H2,1-2H3/t8-,9?/m1/s1. The Bertz CT molecular complexity index is 231. The lowest BCUT2D eigenvalue weighted by molar-refractivity contribution is -0.214. The minimum absolute atomic E-state index is 0.142. The van der Waals surface area contributed by atoms with Gasteiger partial charge >= 0.3 is 6.18 Å². The van der Waals surface area contributed by atoms with E-state index in [2.05, 4.69) is 0 Å². The summed E-state index contributed by atoms with van der Waals surface area (Å²) in [6, 6.07) is 0. The van der Waals surface area contributed by atoms with Crippen molar-refractivity contribution in [3.63, 3.8) is 0 Å². The smallest absolute Gasteiger partial charge is 0.207 e. The van der Waals surface area contributed by atoms with Gasteiger partial charge < -0.3 is 0 Å². The summed E-state index contributed by atoms with van der Waals surface area (Å²) in [6.07, 6.45) is -5.61. The lowest BCUT2D eigenvalue weighted by atomic mass is 9.75. The quantitative estimate of drug-likeness (QED) is 0.620. The van der Waals surface area contributed by atoms with Gasteiger partial charge in [0.25, 0.3) is 0 Å². The van der Waals surface area contributed by atoms with E-state index in [1.807, 2.05) is 13.8 Å². The second-order valence-corrected chi connectivity index (χ2v) is 5.23. The highest BCUT2D eigenvalue weighted by atomic mass is 19.4. The van der Waals surface area contributed by atoms with Gasteiger partial charge in [0.05, 0.1) is 5.92 Å². The predicted octanol–water partition coefficient (Wildman–Crippen LogP) is 4.65. The third-order valence-corrected chi connectivity index (χ3v) is 3.02. The average Bonchev–Trinajstić information content (AvgIpc) is 1.97. The van der Waals surface area contributed by atoms with Crippen LogP contribution in [0.15, 0.2) is 0 Å². The summed E-state index contributed by atoms with van der Waals surface area (Å²) in [5.41, 5.74) is 0. The summed E-state index contributed by atoms with van der Waals surface area (Å²) in [6.45, 7) is 3.69. The van der Waals surface area contributed by atoms with Crippen LogP contribution in [0.4, 0.5) is 22.0 Å². The van der Waals surface area contributed by atoms with Crippen molar-refractivity contribution in [3.05, 3.63) is 0 Å². The predicted molar refractivity (Wildman–Crippen MR) is 51.3 cm³/mol. The molecule has 1 rings (SSSR count). The number of hydrogen-bond acceptors (Lipinski definition) is 0. The van der Waals surface area contributed by atoms with Crippen LogP contribution in [0, 0.1) is 17.8 Å². The molecule has 1 fully saturated rings. The Labute approximate surface area is 92.2 Å². The van der Waals surface area contributed by atoms with Gasteiger partial charge in [-0.3, -0.25) is 0 Å². The van der Waals surface area contributed by atoms with E-state index in [0.29, 0.717) is 6.42 Å². The number of hydrogen-bond donors (Lipinski definition) is 0. The Hall–Kier alpha value is -0.350. The van der Waals surface area contributed by atoms with E-state index in [9.17, 15) is 22.0 Å². The molecule has 0 bridgehead atoms. The summed E-state index contributed by atoms with van der Waals surface area (Å²) in [5.74, 6) is -5.33. The molecule has 0 aromatic heterocycles. The fourth-order valence-electron chi connectivity index (χ4n) is 2.53. The Kier molecular flexibility index (Phi) is 3.85. The highest BCUT2D eigenvalue weighted by molar-refractivity contribution is 4.87. The fraction of sp³-hybridized carbons (Fsp3) is 1.00. The van der Waals surface area contributed by atoms with E-state index in [1.165, 1.54) is 0 Å². The molecule has 0 N–H and O–H groups in total. The normalized spacial score (nSPS) is 30.8. The van der Waals surface area contributed by atoms with E-state index in [0.717, 1.165) is 0 Å². The largest absolute Gasteiger partial charge is 0.392 e. The zero-order chi connectivity index (χ0) is 12.6. The maximum Gasteiger partial charge on any atom is 0.392 e. The van der Waals surface area contributed by atoms with E-state index in [-0.39, 0.29) is 12.3 Å². The second-order valence-electron chi connectivity index (χ2n) is 5.23. The molecule has 0 aromatic carbocycles. The zero-order valence-electron chi connectivity index (χ0n) is 9.45. The Balaban J connectivity index is 2.70. The first-order valence-electron chi connectivity index (χ1n) is 5.54. The molecule has 0 heterocycles. The van der Waals surface area contributed by atoms with Gasteiger partial charge in [-0.1, -0.05) is 13.8 Å². The molecule has 0 spiro atoms. The van der Waals surface area contributed by atoms with Gasteiger partial charge in [0.1, 0.15) is 0 Å². The Morgan fingerprint density at radius 2 is 1.75 bits per heavy atom. The van der Waals surface area contributed by atoms with Crippen molar-refractivity contribution in [2.45, 2.75) is 51.6 Å². The van der Waals surface area contributed by atoms with E-state index < -0.39 is 36.8 Å². The lowest BCUT2D eigenvalue weighted by Gasteiger charge is -2.36. The summed E-state index contributed by atoms with van der Waals surface area (Å²) < 4.78 is 63.8. The van der Waals surface area contributed by atoms with Crippen molar-refractivity contribution >= 4 is 0 Å². The van der Waals surface area contributed by atoms with Gasteiger partial charge in [0.2, 0.25) is 5.92 Å². The summed E-state index contributed by atoms with van der Waals surface area (Å²) >= 11 is 0. The van der Waals surface area contributed by atoms with Crippen molar-refractivity contribution < 1.29 is 22.0 Å². The van der Waals surface area contributed by atoms with Crippen LogP contribution in [0.3, 0.4) is 0 Å². The van der Waals surface area contributed by atoms with E-state index in [1.54, 1.807) is 0 Å². The zero-order valence-corrected chi connectivity index (χ0v) is 9.45. The molecule has 2 atom stereocenters. The molecule has 0 amide bonds. The molecule has 0 aromatic rings. The van der Waals surface area contributed by atoms with Crippen molar-refractivity contribution in [3.8, 4) is 0 Å². The topological polar surface area (TPSA) is 0 Å². The van der Waals surface area contributed by atoms with Crippen LogP contribution < -0.4 is 0 Å². The van der Waals surface area contributed by atoms with E-state index in [4.69, 9.17) is 0 Å². The van der Waals surface area contributed by atoms with Crippen LogP contribution in [-0.2, 0) is 0 Å². The summed E-state index contributed by atoms with van der Waals surface area (Å²) in [5, 5.41) is 0. The van der Waals surface area contributed by atoms with Crippen LogP contribution in [-0.4, -0.2) is 12.1 Å². The Morgan fingerprint density at radius 1 is 1.19 bits per heavy atom. The van der Waals surface area contributed by atoms with Crippen molar-refractivity contribution in [2.24, 2.45) is 17.8 Å². The molecule has 0 nitrogen and oxygen atoms in total. The molecular weight excluding hydrogens is 227 g/mol. The van der Waals surface area contributed by atoms with Crippen LogP contribution in [0.1, 0.15) is 39.5 Å². The minimum Gasteiger partial charge on any atom is -0.207 e. The van der Waals surface area contributed by atoms with Crippen molar-refractivity contribution in [1.82, 2.24) is 0 Å². The van der Waals surface area contributed by atoms with Gasteiger partial charge in [-0.15, -0.1) is 0 Å². The molecule has 0 radical (unpaired) electrons. The molecule has 1 saturated carbocycles. The Morgan fingerprint density at radius 3 is 2.19 bits per heavy atom. The molecule has 1 unspecified atom stereocenters. The monoisotopic (exact) mass is 244 g/mol. The molecule has 5 heteroatoms. The van der Waals surface area contributed by atoms with Crippen LogP contribution in [0.2, 0.25) is 0 Å². The first-order valence-corrected chi connectivity index (χ1v) is 5.54. The first kappa shape index (κ1) is 13.7.